The quantitative estimate of drug-likeness (QED) is 0.317. The Balaban J connectivity index is 0. The Hall–Kier alpha value is 0.870. The molecule has 4 nitrogen and oxygen atoms in total. The molecule has 0 spiro atoms. The van der Waals surface area contributed by atoms with Gasteiger partial charge < -0.3 is 9.66 Å². The van der Waals surface area contributed by atoms with Crippen LogP contribution in [0.25, 0.3) is 0 Å². The predicted molar refractivity (Wildman–Crippen MR) is 77.0 cm³/mol. The maximum Gasteiger partial charge on any atom is 1.00 e. The Labute approximate surface area is 146 Å². The molecule has 0 aromatic heterocycles. The van der Waals surface area contributed by atoms with E-state index in [1.54, 1.807) is 0 Å². The van der Waals surface area contributed by atoms with Crippen LogP contribution in [0, 0.1) is 0 Å². The third kappa shape index (κ3) is 12.6. The van der Waals surface area contributed by atoms with Crippen LogP contribution in [-0.4, -0.2) is 29.4 Å². The fourth-order valence-electron chi connectivity index (χ4n) is 2.19. The van der Waals surface area contributed by atoms with Crippen molar-refractivity contribution >= 4 is 10.1 Å². The topological polar surface area (TPSA) is 77.4 Å². The molecule has 0 rings (SSSR count). The third-order valence-corrected chi connectivity index (χ3v) is 4.79. The molecule has 0 amide bonds. The van der Waals surface area contributed by atoms with Crippen LogP contribution < -0.4 is 29.6 Å². The second kappa shape index (κ2) is 13.5. The molecule has 0 aliphatic heterocycles. The van der Waals surface area contributed by atoms with Gasteiger partial charge in [0.1, 0.15) is 0 Å². The summed E-state index contributed by atoms with van der Waals surface area (Å²) in [5.41, 5.74) is 0. The second-order valence-corrected chi connectivity index (χ2v) is 6.99. The van der Waals surface area contributed by atoms with Gasteiger partial charge in [-0.2, -0.15) is 0 Å². The number of hydrogen-bond acceptors (Lipinski definition) is 4. The molecule has 0 bridgehead atoms. The van der Waals surface area contributed by atoms with Crippen LogP contribution in [0.4, 0.5) is 0 Å². The van der Waals surface area contributed by atoms with Crippen molar-refractivity contribution in [3.05, 3.63) is 0 Å². The van der Waals surface area contributed by atoms with Gasteiger partial charge in [0.2, 0.25) is 0 Å². The molecule has 0 fully saturated rings. The summed E-state index contributed by atoms with van der Waals surface area (Å²) in [5, 5.41) is 8.89. The SMILES string of the molecule is CCCCCCC(CCC(O)CCCC)S(=O)(=O)[O-].[Na+]. The average Bonchev–Trinajstić information content (AvgIpc) is 2.33. The summed E-state index contributed by atoms with van der Waals surface area (Å²) < 4.78 is 33.6. The first kappa shape index (κ1) is 23.1. The van der Waals surface area contributed by atoms with Gasteiger partial charge >= 0.3 is 29.6 Å². The molecule has 0 aromatic carbocycles. The molecule has 116 valence electrons. The normalized spacial score (nSPS) is 14.6. The standard InChI is InChI=1S/C14H30O4S.Na/c1-3-5-7-8-10-14(19(16,17)18)12-11-13(15)9-6-4-2;/h13-15H,3-12H2,1-2H3,(H,16,17,18);/q;+1/p-1. The first-order chi connectivity index (χ1) is 8.91. The molecule has 1 N–H and O–H groups in total. The van der Waals surface area contributed by atoms with E-state index in [4.69, 9.17) is 0 Å². The third-order valence-electron chi connectivity index (χ3n) is 3.50. The van der Waals surface area contributed by atoms with Gasteiger partial charge in [-0.05, 0) is 25.7 Å². The number of hydrogen-bond donors (Lipinski definition) is 1. The van der Waals surface area contributed by atoms with Gasteiger partial charge in [0, 0.05) is 5.25 Å². The van der Waals surface area contributed by atoms with Crippen LogP contribution in [-0.2, 0) is 10.1 Å². The summed E-state index contributed by atoms with van der Waals surface area (Å²) in [6, 6.07) is 0. The molecule has 2 atom stereocenters. The Morgan fingerprint density at radius 2 is 1.50 bits per heavy atom. The number of rotatable bonds is 12. The Morgan fingerprint density at radius 1 is 0.900 bits per heavy atom. The molecule has 20 heavy (non-hydrogen) atoms. The molecule has 0 aliphatic rings. The molecule has 0 saturated heterocycles. The van der Waals surface area contributed by atoms with Crippen molar-refractivity contribution in [2.45, 2.75) is 89.4 Å². The van der Waals surface area contributed by atoms with E-state index in [2.05, 4.69) is 6.92 Å². The van der Waals surface area contributed by atoms with Gasteiger partial charge in [0.25, 0.3) is 0 Å². The molecule has 0 saturated carbocycles. The van der Waals surface area contributed by atoms with E-state index in [-0.39, 0.29) is 29.6 Å². The minimum atomic E-state index is -4.23. The summed E-state index contributed by atoms with van der Waals surface area (Å²) >= 11 is 0. The molecular formula is C14H29NaO4S. The van der Waals surface area contributed by atoms with Gasteiger partial charge in [0.15, 0.2) is 0 Å². The Kier molecular flexibility index (Phi) is 15.7. The van der Waals surface area contributed by atoms with Crippen molar-refractivity contribution in [1.29, 1.82) is 0 Å². The van der Waals surface area contributed by atoms with Crippen LogP contribution >= 0.6 is 0 Å². The van der Waals surface area contributed by atoms with E-state index in [1.165, 1.54) is 0 Å². The Bertz CT molecular complexity index is 306. The number of aliphatic hydroxyl groups is 1. The largest absolute Gasteiger partial charge is 1.00 e. The van der Waals surface area contributed by atoms with Gasteiger partial charge in [-0.3, -0.25) is 0 Å². The van der Waals surface area contributed by atoms with Gasteiger partial charge in [-0.15, -0.1) is 0 Å². The van der Waals surface area contributed by atoms with Gasteiger partial charge in [-0.1, -0.05) is 52.4 Å². The van der Waals surface area contributed by atoms with Crippen LogP contribution in [0.2, 0.25) is 0 Å². The molecular weight excluding hydrogens is 287 g/mol. The van der Waals surface area contributed by atoms with Crippen LogP contribution in [0.15, 0.2) is 0 Å². The Morgan fingerprint density at radius 3 is 2.00 bits per heavy atom. The van der Waals surface area contributed by atoms with E-state index in [0.717, 1.165) is 38.5 Å². The van der Waals surface area contributed by atoms with Crippen molar-refractivity contribution in [2.75, 3.05) is 0 Å². The fourth-order valence-corrected chi connectivity index (χ4v) is 3.07. The summed E-state index contributed by atoms with van der Waals surface area (Å²) in [6.45, 7) is 4.14. The number of unbranched alkanes of at least 4 members (excludes halogenated alkanes) is 4. The summed E-state index contributed by atoms with van der Waals surface area (Å²) in [4.78, 5) is 0. The van der Waals surface area contributed by atoms with Crippen LogP contribution in [0.5, 0.6) is 0 Å². The van der Waals surface area contributed by atoms with Gasteiger partial charge in [-0.25, -0.2) is 8.42 Å². The van der Waals surface area contributed by atoms with Crippen molar-refractivity contribution in [3.8, 4) is 0 Å². The molecule has 0 radical (unpaired) electrons. The van der Waals surface area contributed by atoms with E-state index in [1.807, 2.05) is 6.92 Å². The smallest absolute Gasteiger partial charge is 0.748 e. The fraction of sp³-hybridized carbons (Fsp3) is 1.00. The molecule has 6 heteroatoms. The van der Waals surface area contributed by atoms with Crippen molar-refractivity contribution in [3.63, 3.8) is 0 Å². The minimum Gasteiger partial charge on any atom is -0.748 e. The van der Waals surface area contributed by atoms with Crippen molar-refractivity contribution in [2.24, 2.45) is 0 Å². The van der Waals surface area contributed by atoms with Crippen LogP contribution in [0.1, 0.15) is 78.1 Å². The molecule has 0 heterocycles. The summed E-state index contributed by atoms with van der Waals surface area (Å²) in [6.07, 6.45) is 7.23. The first-order valence-electron chi connectivity index (χ1n) is 7.54. The number of aliphatic hydroxyl groups excluding tert-OH is 1. The predicted octanol–water partition coefficient (Wildman–Crippen LogP) is 0.206. The van der Waals surface area contributed by atoms with Gasteiger partial charge in [0.05, 0.1) is 16.2 Å². The van der Waals surface area contributed by atoms with E-state index < -0.39 is 21.5 Å². The zero-order valence-corrected chi connectivity index (χ0v) is 16.1. The maximum absolute atomic E-state index is 11.2. The molecule has 2 unspecified atom stereocenters. The first-order valence-corrected chi connectivity index (χ1v) is 9.01. The average molecular weight is 316 g/mol. The van der Waals surface area contributed by atoms with E-state index in [0.29, 0.717) is 25.7 Å². The second-order valence-electron chi connectivity index (χ2n) is 5.34. The van der Waals surface area contributed by atoms with Crippen molar-refractivity contribution < 1.29 is 47.6 Å². The molecule has 0 aromatic rings. The zero-order valence-electron chi connectivity index (χ0n) is 13.3. The molecule has 0 aliphatic carbocycles. The maximum atomic E-state index is 11.2. The van der Waals surface area contributed by atoms with E-state index in [9.17, 15) is 18.1 Å². The van der Waals surface area contributed by atoms with Crippen molar-refractivity contribution in [1.82, 2.24) is 0 Å². The minimum absolute atomic E-state index is 0. The monoisotopic (exact) mass is 316 g/mol. The summed E-state index contributed by atoms with van der Waals surface area (Å²) in [5.74, 6) is 0. The zero-order chi connectivity index (χ0) is 14.7. The van der Waals surface area contributed by atoms with Crippen LogP contribution in [0.3, 0.4) is 0 Å². The summed E-state index contributed by atoms with van der Waals surface area (Å²) in [7, 11) is -4.23. The van der Waals surface area contributed by atoms with E-state index >= 15 is 0 Å².